The minimum atomic E-state index is -3.50. The van der Waals surface area contributed by atoms with Gasteiger partial charge in [0.05, 0.1) is 26.1 Å². The smallest absolute Gasteiger partial charge is 0.410 e. The molecule has 1 unspecified atom stereocenters. The van der Waals surface area contributed by atoms with Crippen LogP contribution in [0.2, 0.25) is 0 Å². The molecule has 9 heteroatoms. The Hall–Kier alpha value is -1.35. The lowest BCUT2D eigenvalue weighted by atomic mass is 9.72. The van der Waals surface area contributed by atoms with E-state index >= 15 is 0 Å². The van der Waals surface area contributed by atoms with Gasteiger partial charge in [-0.2, -0.15) is 8.42 Å². The Morgan fingerprint density at radius 3 is 2.46 bits per heavy atom. The molecule has 1 saturated carbocycles. The second kappa shape index (κ2) is 7.69. The van der Waals surface area contributed by atoms with E-state index in [1.165, 1.54) is 12.0 Å². The molecule has 1 heterocycles. The van der Waals surface area contributed by atoms with Gasteiger partial charge >= 0.3 is 12.1 Å². The van der Waals surface area contributed by atoms with E-state index in [9.17, 15) is 18.0 Å². The van der Waals surface area contributed by atoms with Crippen LogP contribution in [0.3, 0.4) is 0 Å². The Bertz CT molecular complexity index is 576. The monoisotopic (exact) mass is 363 g/mol. The molecule has 2 fully saturated rings. The highest BCUT2D eigenvalue weighted by molar-refractivity contribution is 7.86. The predicted molar refractivity (Wildman–Crippen MR) is 84.7 cm³/mol. The Balaban J connectivity index is 2.11. The van der Waals surface area contributed by atoms with E-state index in [4.69, 9.17) is 13.7 Å². The third-order valence-electron chi connectivity index (χ3n) is 4.70. The summed E-state index contributed by atoms with van der Waals surface area (Å²) in [6.07, 6.45) is 2.49. The lowest BCUT2D eigenvalue weighted by molar-refractivity contribution is -0.152. The van der Waals surface area contributed by atoms with E-state index in [0.29, 0.717) is 25.8 Å². The van der Waals surface area contributed by atoms with Crippen LogP contribution in [0.25, 0.3) is 0 Å². The van der Waals surface area contributed by atoms with Gasteiger partial charge in [-0.05, 0) is 44.4 Å². The molecule has 0 spiro atoms. The summed E-state index contributed by atoms with van der Waals surface area (Å²) in [5.74, 6) is -0.137. The number of rotatable bonds is 4. The van der Waals surface area contributed by atoms with Gasteiger partial charge in [0.2, 0.25) is 0 Å². The number of piperidine rings is 1. The molecule has 1 saturated heterocycles. The van der Waals surface area contributed by atoms with Crippen molar-refractivity contribution in [2.75, 3.05) is 26.5 Å². The fourth-order valence-electron chi connectivity index (χ4n) is 3.72. The Morgan fingerprint density at radius 2 is 1.88 bits per heavy atom. The lowest BCUT2D eigenvalue weighted by Gasteiger charge is -2.45. The second-order valence-electron chi connectivity index (χ2n) is 6.38. The first kappa shape index (κ1) is 19.0. The van der Waals surface area contributed by atoms with Crippen LogP contribution in [0.4, 0.5) is 4.79 Å². The maximum absolute atomic E-state index is 12.2. The number of carbonyl (C=O) groups is 2. The van der Waals surface area contributed by atoms with Crippen LogP contribution in [0.15, 0.2) is 0 Å². The Kier molecular flexibility index (Phi) is 6.08. The molecule has 0 bridgehead atoms. The van der Waals surface area contributed by atoms with Crippen molar-refractivity contribution in [1.82, 2.24) is 4.90 Å². The van der Waals surface area contributed by atoms with E-state index in [1.807, 2.05) is 0 Å². The van der Waals surface area contributed by atoms with Crippen molar-refractivity contribution >= 4 is 22.2 Å². The van der Waals surface area contributed by atoms with Gasteiger partial charge in [0.25, 0.3) is 10.1 Å². The Morgan fingerprint density at radius 1 is 1.17 bits per heavy atom. The summed E-state index contributed by atoms with van der Waals surface area (Å²) < 4.78 is 37.6. The largest absolute Gasteiger partial charge is 0.464 e. The minimum Gasteiger partial charge on any atom is -0.464 e. The van der Waals surface area contributed by atoms with E-state index in [1.54, 1.807) is 6.92 Å². The summed E-state index contributed by atoms with van der Waals surface area (Å²) in [6.45, 7) is 2.35. The zero-order chi connectivity index (χ0) is 17.9. The quantitative estimate of drug-likeness (QED) is 0.546. The molecule has 0 aromatic rings. The van der Waals surface area contributed by atoms with Gasteiger partial charge < -0.3 is 9.47 Å². The van der Waals surface area contributed by atoms with Gasteiger partial charge in [-0.25, -0.2) is 9.59 Å². The summed E-state index contributed by atoms with van der Waals surface area (Å²) >= 11 is 0. The minimum absolute atomic E-state index is 0.112. The number of hydrogen-bond donors (Lipinski definition) is 0. The molecule has 4 atom stereocenters. The molecule has 0 radical (unpaired) electrons. The maximum atomic E-state index is 12.2. The third-order valence-corrected chi connectivity index (χ3v) is 5.33. The van der Waals surface area contributed by atoms with Crippen molar-refractivity contribution < 1.29 is 31.7 Å². The van der Waals surface area contributed by atoms with Crippen molar-refractivity contribution in [3.05, 3.63) is 0 Å². The first-order valence-corrected chi connectivity index (χ1v) is 9.96. The number of fused-ring (bicyclic) bond motifs is 1. The second-order valence-corrected chi connectivity index (χ2v) is 7.98. The van der Waals surface area contributed by atoms with Crippen molar-refractivity contribution in [1.29, 1.82) is 0 Å². The maximum Gasteiger partial charge on any atom is 0.410 e. The lowest BCUT2D eigenvalue weighted by Crippen LogP contribution is -2.55. The number of esters is 1. The number of likely N-dealkylation sites (tertiary alicyclic amines) is 1. The average Bonchev–Trinajstić information content (AvgIpc) is 2.51. The van der Waals surface area contributed by atoms with E-state index in [2.05, 4.69) is 0 Å². The van der Waals surface area contributed by atoms with E-state index in [-0.39, 0.29) is 24.5 Å². The van der Waals surface area contributed by atoms with Crippen LogP contribution >= 0.6 is 0 Å². The first-order valence-electron chi connectivity index (χ1n) is 8.14. The van der Waals surface area contributed by atoms with Gasteiger partial charge in [-0.15, -0.1) is 0 Å². The molecule has 1 amide bonds. The summed E-state index contributed by atoms with van der Waals surface area (Å²) in [5, 5.41) is 0. The van der Waals surface area contributed by atoms with Gasteiger partial charge in [0.1, 0.15) is 6.04 Å². The molecule has 138 valence electrons. The number of ether oxygens (including phenoxy) is 2. The summed E-state index contributed by atoms with van der Waals surface area (Å²) in [5.41, 5.74) is 0. The van der Waals surface area contributed by atoms with Crippen LogP contribution in [0.5, 0.6) is 0 Å². The number of amides is 1. The van der Waals surface area contributed by atoms with Crippen molar-refractivity contribution in [3.63, 3.8) is 0 Å². The zero-order valence-corrected chi connectivity index (χ0v) is 15.1. The van der Waals surface area contributed by atoms with Gasteiger partial charge in [0, 0.05) is 6.54 Å². The topological polar surface area (TPSA) is 99.2 Å². The van der Waals surface area contributed by atoms with Crippen LogP contribution in [0.1, 0.15) is 32.6 Å². The molecule has 1 aliphatic carbocycles. The molecule has 0 N–H and O–H groups in total. The van der Waals surface area contributed by atoms with Crippen molar-refractivity contribution in [3.8, 4) is 0 Å². The van der Waals surface area contributed by atoms with Gasteiger partial charge in [0.15, 0.2) is 0 Å². The standard InChI is InChI=1S/C15H25NO7S/c1-4-22-14(17)13-8-11-7-12(23-24(3,19)20)6-5-10(11)9-16(13)15(18)21-2/h10-13H,4-9H2,1-3H3/t10-,11+,12?,13-/m0/s1. The summed E-state index contributed by atoms with van der Waals surface area (Å²) in [7, 11) is -2.22. The zero-order valence-electron chi connectivity index (χ0n) is 14.3. The van der Waals surface area contributed by atoms with Crippen LogP contribution in [-0.2, 0) is 28.6 Å². The molecule has 24 heavy (non-hydrogen) atoms. The van der Waals surface area contributed by atoms with E-state index < -0.39 is 28.2 Å². The number of methoxy groups -OCH3 is 1. The van der Waals surface area contributed by atoms with Gasteiger partial charge in [-0.3, -0.25) is 9.08 Å². The highest BCUT2D eigenvalue weighted by atomic mass is 32.2. The van der Waals surface area contributed by atoms with Gasteiger partial charge in [-0.1, -0.05) is 0 Å². The van der Waals surface area contributed by atoms with Crippen LogP contribution < -0.4 is 0 Å². The highest BCUT2D eigenvalue weighted by Crippen LogP contribution is 2.40. The molecule has 2 rings (SSSR count). The normalized spacial score (nSPS) is 30.4. The first-order chi connectivity index (χ1) is 11.2. The molecule has 0 aromatic heterocycles. The molecular formula is C15H25NO7S. The molecule has 0 aromatic carbocycles. The predicted octanol–water partition coefficient (Wildman–Crippen LogP) is 1.15. The molecule has 8 nitrogen and oxygen atoms in total. The summed E-state index contributed by atoms with van der Waals surface area (Å²) in [4.78, 5) is 25.6. The van der Waals surface area contributed by atoms with Crippen molar-refractivity contribution in [2.24, 2.45) is 11.8 Å². The molecule has 2 aliphatic rings. The highest BCUT2D eigenvalue weighted by Gasteiger charge is 2.45. The van der Waals surface area contributed by atoms with Crippen molar-refractivity contribution in [2.45, 2.75) is 44.8 Å². The number of hydrogen-bond acceptors (Lipinski definition) is 7. The van der Waals surface area contributed by atoms with Crippen LogP contribution in [0, 0.1) is 11.8 Å². The fraction of sp³-hybridized carbons (Fsp3) is 0.867. The SMILES string of the molecule is CCOC(=O)[C@@H]1C[C@H]2CC(OS(C)(=O)=O)CC[C@H]2CN1C(=O)OC. The molecule has 1 aliphatic heterocycles. The van der Waals surface area contributed by atoms with E-state index in [0.717, 1.165) is 12.7 Å². The fourth-order valence-corrected chi connectivity index (χ4v) is 4.39. The summed E-state index contributed by atoms with van der Waals surface area (Å²) in [6, 6.07) is -0.698. The number of carbonyl (C=O) groups excluding carboxylic acids is 2. The third kappa shape index (κ3) is 4.60. The molecular weight excluding hydrogens is 338 g/mol. The Labute approximate surface area is 142 Å². The van der Waals surface area contributed by atoms with Crippen LogP contribution in [-0.4, -0.2) is 64.0 Å². The average molecular weight is 363 g/mol. The number of nitrogens with zero attached hydrogens (tertiary/aromatic N) is 1.